The van der Waals surface area contributed by atoms with Gasteiger partial charge in [0.1, 0.15) is 6.10 Å². The molecule has 0 radical (unpaired) electrons. The number of unbranched alkanes of at least 4 members (excludes halogenated alkanes) is 1. The Morgan fingerprint density at radius 2 is 1.85 bits per heavy atom. The number of carbonyl (C=O) groups is 4. The second kappa shape index (κ2) is 15.1. The first kappa shape index (κ1) is 36.2. The van der Waals surface area contributed by atoms with E-state index in [2.05, 4.69) is 5.32 Å². The van der Waals surface area contributed by atoms with Gasteiger partial charge in [-0.1, -0.05) is 37.3 Å². The molecule has 4 N–H and O–H groups in total. The van der Waals surface area contributed by atoms with Gasteiger partial charge in [0.25, 0.3) is 11.8 Å². The summed E-state index contributed by atoms with van der Waals surface area (Å²) in [6.45, 7) is 7.21. The van der Waals surface area contributed by atoms with Crippen LogP contribution in [0, 0.1) is 5.92 Å². The highest BCUT2D eigenvalue weighted by Gasteiger charge is 2.66. The molecule has 1 spiro atoms. The van der Waals surface area contributed by atoms with E-state index in [0.717, 1.165) is 5.56 Å². The van der Waals surface area contributed by atoms with Crippen LogP contribution in [-0.2, 0) is 40.8 Å². The lowest BCUT2D eigenvalue weighted by Crippen LogP contribution is -2.46. The van der Waals surface area contributed by atoms with Crippen molar-refractivity contribution in [1.82, 2.24) is 4.90 Å². The topological polar surface area (TPSA) is 166 Å². The molecule has 2 heterocycles. The summed E-state index contributed by atoms with van der Waals surface area (Å²) in [5.41, 5.74) is 0.247. The number of methoxy groups -OCH3 is 1. The van der Waals surface area contributed by atoms with Gasteiger partial charge in [-0.25, -0.2) is 0 Å². The highest BCUT2D eigenvalue weighted by Crippen LogP contribution is 2.60. The van der Waals surface area contributed by atoms with Gasteiger partial charge in [-0.2, -0.15) is 0 Å². The standard InChI is InChI=1S/C34H47N3O9Si/c1-22-31(47(4,5)44)28(20-29(40)36(17-18-38)21-24-11-7-6-8-12-24)46-34(22)26-19-25(35-32(42)23(2)39)14-15-27(26)37(33(34)43)16-10-9-13-30(41)45-3/h6-8,11-12,14-15,19,22-23,28,31,38-39,44H,9-10,13,16-18,20-21H2,1-5H3,(H,35,42)/t22-,23+,28+,31-,34+/m1/s1. The molecule has 1 saturated heterocycles. The summed E-state index contributed by atoms with van der Waals surface area (Å²) in [7, 11) is -1.76. The maximum Gasteiger partial charge on any atom is 0.305 e. The van der Waals surface area contributed by atoms with Crippen LogP contribution >= 0.6 is 0 Å². The van der Waals surface area contributed by atoms with Crippen LogP contribution in [0.2, 0.25) is 18.6 Å². The number of aliphatic hydroxyl groups is 2. The lowest BCUT2D eigenvalue weighted by atomic mass is 9.82. The van der Waals surface area contributed by atoms with Crippen molar-refractivity contribution in [3.05, 3.63) is 59.7 Å². The van der Waals surface area contributed by atoms with E-state index < -0.39 is 43.5 Å². The third kappa shape index (κ3) is 7.76. The average Bonchev–Trinajstić information content (AvgIpc) is 3.45. The zero-order chi connectivity index (χ0) is 34.5. The number of carbonyl (C=O) groups excluding carboxylic acids is 4. The number of nitrogens with one attached hydrogen (secondary N) is 1. The van der Waals surface area contributed by atoms with Gasteiger partial charge >= 0.3 is 5.97 Å². The van der Waals surface area contributed by atoms with Crippen LogP contribution in [0.1, 0.15) is 50.7 Å². The summed E-state index contributed by atoms with van der Waals surface area (Å²) in [4.78, 5) is 67.3. The highest BCUT2D eigenvalue weighted by atomic mass is 28.4. The van der Waals surface area contributed by atoms with E-state index in [1.54, 1.807) is 41.1 Å². The van der Waals surface area contributed by atoms with Crippen molar-refractivity contribution in [2.75, 3.05) is 37.0 Å². The molecule has 0 aliphatic carbocycles. The van der Waals surface area contributed by atoms with E-state index >= 15 is 0 Å². The Bertz CT molecular complexity index is 1450. The molecule has 12 nitrogen and oxygen atoms in total. The second-order valence-corrected chi connectivity index (χ2v) is 16.9. The normalized spacial score (nSPS) is 22.7. The number of hydrogen-bond donors (Lipinski definition) is 4. The number of anilines is 2. The van der Waals surface area contributed by atoms with Crippen LogP contribution in [0.3, 0.4) is 0 Å². The molecule has 3 amide bonds. The fraction of sp³-hybridized carbons (Fsp3) is 0.529. The number of amides is 3. The molecule has 2 aromatic carbocycles. The van der Waals surface area contributed by atoms with Gasteiger partial charge in [0, 0.05) is 48.8 Å². The van der Waals surface area contributed by atoms with E-state index in [9.17, 15) is 34.2 Å². The first-order chi connectivity index (χ1) is 22.2. The van der Waals surface area contributed by atoms with Gasteiger partial charge in [0.2, 0.25) is 5.91 Å². The van der Waals surface area contributed by atoms with Gasteiger partial charge in [-0.15, -0.1) is 0 Å². The summed E-state index contributed by atoms with van der Waals surface area (Å²) < 4.78 is 11.5. The number of esters is 1. The molecular weight excluding hydrogens is 622 g/mol. The molecule has 2 aliphatic rings. The Balaban J connectivity index is 1.71. The maximum absolute atomic E-state index is 14.6. The predicted molar refractivity (Wildman–Crippen MR) is 178 cm³/mol. The zero-order valence-corrected chi connectivity index (χ0v) is 28.8. The van der Waals surface area contributed by atoms with Crippen LogP contribution in [-0.4, -0.2) is 90.9 Å². The smallest absolute Gasteiger partial charge is 0.305 e. The van der Waals surface area contributed by atoms with E-state index in [1.165, 1.54) is 14.0 Å². The summed E-state index contributed by atoms with van der Waals surface area (Å²) in [6, 6.07) is 14.5. The fourth-order valence-corrected chi connectivity index (χ4v) is 9.54. The molecule has 2 aromatic rings. The Morgan fingerprint density at radius 3 is 2.47 bits per heavy atom. The molecule has 2 aliphatic heterocycles. The SMILES string of the molecule is COC(=O)CCCCN1C(=O)[C@@]2(O[C@@H](CC(=O)N(CCO)Cc3ccccc3)[C@H]([Si](C)(C)O)[C@H]2C)c2cc(NC(=O)[C@H](C)O)ccc21. The minimum atomic E-state index is -3.08. The second-order valence-electron chi connectivity index (χ2n) is 13.0. The van der Waals surface area contributed by atoms with Crippen LogP contribution in [0.15, 0.2) is 48.5 Å². The van der Waals surface area contributed by atoms with Crippen molar-refractivity contribution in [3.63, 3.8) is 0 Å². The monoisotopic (exact) mass is 669 g/mol. The summed E-state index contributed by atoms with van der Waals surface area (Å²) in [5, 5.41) is 22.2. The molecule has 0 unspecified atom stereocenters. The third-order valence-electron chi connectivity index (χ3n) is 9.19. The van der Waals surface area contributed by atoms with Gasteiger partial charge in [0.05, 0.1) is 31.9 Å². The molecule has 256 valence electrons. The molecule has 0 aromatic heterocycles. The fourth-order valence-electron chi connectivity index (χ4n) is 6.98. The lowest BCUT2D eigenvalue weighted by Gasteiger charge is -2.32. The number of ether oxygens (including phenoxy) is 2. The summed E-state index contributed by atoms with van der Waals surface area (Å²) >= 11 is 0. The largest absolute Gasteiger partial charge is 0.469 e. The van der Waals surface area contributed by atoms with Crippen LogP contribution < -0.4 is 10.2 Å². The number of hydrogen-bond acceptors (Lipinski definition) is 9. The van der Waals surface area contributed by atoms with Crippen molar-refractivity contribution >= 4 is 43.4 Å². The van der Waals surface area contributed by atoms with Crippen molar-refractivity contribution < 1.29 is 43.7 Å². The minimum Gasteiger partial charge on any atom is -0.469 e. The minimum absolute atomic E-state index is 0.110. The van der Waals surface area contributed by atoms with Gasteiger partial charge in [-0.3, -0.25) is 19.2 Å². The molecule has 4 rings (SSSR count). The molecule has 5 atom stereocenters. The van der Waals surface area contributed by atoms with Crippen molar-refractivity contribution in [3.8, 4) is 0 Å². The molecule has 1 fully saturated rings. The Hall–Kier alpha value is -3.62. The Morgan fingerprint density at radius 1 is 1.15 bits per heavy atom. The van der Waals surface area contributed by atoms with Gasteiger partial charge in [-0.05, 0) is 56.6 Å². The Labute approximate surface area is 276 Å². The maximum atomic E-state index is 14.6. The van der Waals surface area contributed by atoms with Crippen LogP contribution in [0.25, 0.3) is 0 Å². The van der Waals surface area contributed by atoms with E-state index in [0.29, 0.717) is 29.8 Å². The first-order valence-corrected chi connectivity index (χ1v) is 19.1. The molecule has 13 heteroatoms. The predicted octanol–water partition coefficient (Wildman–Crippen LogP) is 2.90. The number of aliphatic hydroxyl groups excluding tert-OH is 2. The summed E-state index contributed by atoms with van der Waals surface area (Å²) in [5.74, 6) is -2.12. The lowest BCUT2D eigenvalue weighted by molar-refractivity contribution is -0.149. The summed E-state index contributed by atoms with van der Waals surface area (Å²) in [6.07, 6.45) is -0.973. The average molecular weight is 670 g/mol. The number of nitrogens with zero attached hydrogens (tertiary/aromatic N) is 2. The number of benzene rings is 2. The molecule has 0 saturated carbocycles. The van der Waals surface area contributed by atoms with Crippen molar-refractivity contribution in [2.45, 2.75) is 82.5 Å². The third-order valence-corrected chi connectivity index (χ3v) is 11.7. The van der Waals surface area contributed by atoms with Crippen LogP contribution in [0.5, 0.6) is 0 Å². The van der Waals surface area contributed by atoms with E-state index in [-0.39, 0.29) is 56.9 Å². The molecule has 0 bridgehead atoms. The van der Waals surface area contributed by atoms with Crippen LogP contribution in [0.4, 0.5) is 11.4 Å². The van der Waals surface area contributed by atoms with E-state index in [4.69, 9.17) is 9.47 Å². The van der Waals surface area contributed by atoms with E-state index in [1.807, 2.05) is 37.3 Å². The number of fused-ring (bicyclic) bond motifs is 2. The molecular formula is C34H47N3O9Si. The molecule has 47 heavy (non-hydrogen) atoms. The highest BCUT2D eigenvalue weighted by molar-refractivity contribution is 6.71. The number of rotatable bonds is 14. The first-order valence-electron chi connectivity index (χ1n) is 16.1. The van der Waals surface area contributed by atoms with Gasteiger partial charge in [0.15, 0.2) is 13.9 Å². The van der Waals surface area contributed by atoms with Gasteiger partial charge < -0.3 is 39.6 Å². The van der Waals surface area contributed by atoms with Crippen molar-refractivity contribution in [1.29, 1.82) is 0 Å². The quantitative estimate of drug-likeness (QED) is 0.134. The Kier molecular flexibility index (Phi) is 11.6. The van der Waals surface area contributed by atoms with Crippen molar-refractivity contribution in [2.24, 2.45) is 5.92 Å². The zero-order valence-electron chi connectivity index (χ0n) is 27.8.